The lowest BCUT2D eigenvalue weighted by atomic mass is 10.3. The molecule has 1 amide bonds. The van der Waals surface area contributed by atoms with Crippen LogP contribution < -0.4 is 16.6 Å². The van der Waals surface area contributed by atoms with Crippen LogP contribution in [-0.4, -0.2) is 33.6 Å². The summed E-state index contributed by atoms with van der Waals surface area (Å²) in [6.07, 6.45) is -0.713. The minimum Gasteiger partial charge on any atom is -0.381 e. The van der Waals surface area contributed by atoms with Crippen molar-refractivity contribution in [2.45, 2.75) is 19.4 Å². The molecular formula is C9H14N4O3. The number of nitrogens with two attached hydrogens (primary N) is 1. The zero-order chi connectivity index (χ0) is 12.1. The summed E-state index contributed by atoms with van der Waals surface area (Å²) in [4.78, 5) is 28.3. The molecule has 0 saturated carbocycles. The number of nitrogens with zero attached hydrogens (tertiary/aromatic N) is 1. The predicted molar refractivity (Wildman–Crippen MR) is 57.9 cm³/mol. The highest BCUT2D eigenvalue weighted by Gasteiger charge is 2.10. The van der Waals surface area contributed by atoms with Gasteiger partial charge in [0.2, 0.25) is 5.91 Å². The van der Waals surface area contributed by atoms with E-state index in [9.17, 15) is 9.59 Å². The summed E-state index contributed by atoms with van der Waals surface area (Å²) < 4.78 is 0. The molecule has 0 spiro atoms. The predicted octanol–water partition coefficient (Wildman–Crippen LogP) is -1.41. The number of primary amides is 1. The number of amides is 1. The van der Waals surface area contributed by atoms with Crippen molar-refractivity contribution in [1.82, 2.24) is 9.97 Å². The standard InChI is InChI=1S/C9H14N4O3/c1-2-6-12-7(3-8(15)13-6)11-4-5(14)9(10)16/h3,5,14H,2,4H2,1H3,(H2,10,16)(H2,11,12,13,15). The van der Waals surface area contributed by atoms with Crippen LogP contribution in [-0.2, 0) is 11.2 Å². The number of aryl methyl sites for hydroxylation is 1. The molecule has 5 N–H and O–H groups in total. The Labute approximate surface area is 91.7 Å². The van der Waals surface area contributed by atoms with E-state index in [1.54, 1.807) is 0 Å². The third-order valence-electron chi connectivity index (χ3n) is 1.93. The number of nitrogens with one attached hydrogen (secondary N) is 2. The van der Waals surface area contributed by atoms with Crippen molar-refractivity contribution in [3.63, 3.8) is 0 Å². The minimum atomic E-state index is -1.30. The van der Waals surface area contributed by atoms with Crippen molar-refractivity contribution in [1.29, 1.82) is 0 Å². The van der Waals surface area contributed by atoms with Crippen LogP contribution in [0.3, 0.4) is 0 Å². The van der Waals surface area contributed by atoms with Crippen LogP contribution in [0, 0.1) is 0 Å². The Morgan fingerprint density at radius 3 is 3.00 bits per heavy atom. The number of aliphatic hydroxyl groups excluding tert-OH is 1. The van der Waals surface area contributed by atoms with E-state index in [4.69, 9.17) is 10.8 Å². The van der Waals surface area contributed by atoms with E-state index in [1.165, 1.54) is 6.07 Å². The first-order valence-electron chi connectivity index (χ1n) is 4.84. The normalized spacial score (nSPS) is 12.1. The molecule has 0 aromatic carbocycles. The van der Waals surface area contributed by atoms with Crippen LogP contribution in [0.2, 0.25) is 0 Å². The summed E-state index contributed by atoms with van der Waals surface area (Å²) in [5, 5.41) is 11.8. The second-order valence-electron chi connectivity index (χ2n) is 3.23. The molecule has 1 unspecified atom stereocenters. The second-order valence-corrected chi connectivity index (χ2v) is 3.23. The van der Waals surface area contributed by atoms with E-state index in [0.717, 1.165) is 0 Å². The van der Waals surface area contributed by atoms with Gasteiger partial charge in [0.25, 0.3) is 5.56 Å². The second kappa shape index (κ2) is 5.26. The molecule has 0 aliphatic carbocycles. The molecular weight excluding hydrogens is 212 g/mol. The van der Waals surface area contributed by atoms with Gasteiger partial charge in [0.1, 0.15) is 17.7 Å². The Morgan fingerprint density at radius 2 is 2.44 bits per heavy atom. The molecule has 16 heavy (non-hydrogen) atoms. The van der Waals surface area contributed by atoms with E-state index in [1.807, 2.05) is 6.92 Å². The molecule has 7 nitrogen and oxygen atoms in total. The summed E-state index contributed by atoms with van der Waals surface area (Å²) in [5.41, 5.74) is 4.58. The van der Waals surface area contributed by atoms with E-state index < -0.39 is 12.0 Å². The number of H-pyrrole nitrogens is 1. The van der Waals surface area contributed by atoms with Crippen LogP contribution >= 0.6 is 0 Å². The van der Waals surface area contributed by atoms with Gasteiger partial charge in [0.05, 0.1) is 6.54 Å². The number of hydrogen-bond acceptors (Lipinski definition) is 5. The van der Waals surface area contributed by atoms with Gasteiger partial charge < -0.3 is 21.1 Å². The molecule has 1 heterocycles. The van der Waals surface area contributed by atoms with Gasteiger partial charge in [-0.2, -0.15) is 0 Å². The summed E-state index contributed by atoms with van der Waals surface area (Å²) >= 11 is 0. The van der Waals surface area contributed by atoms with Gasteiger partial charge in [-0.05, 0) is 0 Å². The maximum Gasteiger partial charge on any atom is 0.252 e. The Kier molecular flexibility index (Phi) is 4.01. The van der Waals surface area contributed by atoms with Crippen LogP contribution in [0.4, 0.5) is 5.82 Å². The number of carbonyl (C=O) groups is 1. The highest BCUT2D eigenvalue weighted by Crippen LogP contribution is 1.99. The van der Waals surface area contributed by atoms with E-state index in [-0.39, 0.29) is 12.1 Å². The quantitative estimate of drug-likeness (QED) is 0.491. The maximum atomic E-state index is 11.2. The van der Waals surface area contributed by atoms with Gasteiger partial charge in [0.15, 0.2) is 0 Å². The van der Waals surface area contributed by atoms with Crippen molar-refractivity contribution in [3.8, 4) is 0 Å². The number of aliphatic hydroxyl groups is 1. The number of anilines is 1. The number of aromatic amines is 1. The monoisotopic (exact) mass is 226 g/mol. The molecule has 0 aliphatic rings. The van der Waals surface area contributed by atoms with Gasteiger partial charge in [-0.25, -0.2) is 4.98 Å². The average Bonchev–Trinajstić information content (AvgIpc) is 2.24. The van der Waals surface area contributed by atoms with Crippen molar-refractivity contribution < 1.29 is 9.90 Å². The Hall–Kier alpha value is -1.89. The Balaban J connectivity index is 2.70. The summed E-state index contributed by atoms with van der Waals surface area (Å²) in [6.45, 7) is 1.77. The van der Waals surface area contributed by atoms with Crippen LogP contribution in [0.1, 0.15) is 12.7 Å². The van der Waals surface area contributed by atoms with Gasteiger partial charge in [-0.3, -0.25) is 9.59 Å². The first kappa shape index (κ1) is 12.2. The number of rotatable bonds is 5. The highest BCUT2D eigenvalue weighted by atomic mass is 16.3. The fourth-order valence-corrected chi connectivity index (χ4v) is 1.07. The fourth-order valence-electron chi connectivity index (χ4n) is 1.07. The van der Waals surface area contributed by atoms with Gasteiger partial charge in [-0.1, -0.05) is 6.92 Å². The molecule has 1 atom stereocenters. The lowest BCUT2D eigenvalue weighted by molar-refractivity contribution is -0.125. The molecule has 1 rings (SSSR count). The molecule has 1 aromatic rings. The van der Waals surface area contributed by atoms with Crippen molar-refractivity contribution in [3.05, 3.63) is 22.2 Å². The van der Waals surface area contributed by atoms with E-state index >= 15 is 0 Å². The maximum absolute atomic E-state index is 11.2. The number of aromatic nitrogens is 2. The molecule has 0 bridgehead atoms. The average molecular weight is 226 g/mol. The molecule has 7 heteroatoms. The smallest absolute Gasteiger partial charge is 0.252 e. The number of hydrogen-bond donors (Lipinski definition) is 4. The van der Waals surface area contributed by atoms with E-state index in [0.29, 0.717) is 18.1 Å². The molecule has 0 radical (unpaired) electrons. The molecule has 0 aliphatic heterocycles. The molecule has 0 saturated heterocycles. The molecule has 1 aromatic heterocycles. The largest absolute Gasteiger partial charge is 0.381 e. The lowest BCUT2D eigenvalue weighted by Crippen LogP contribution is -2.34. The van der Waals surface area contributed by atoms with Crippen LogP contribution in [0.15, 0.2) is 10.9 Å². The third-order valence-corrected chi connectivity index (χ3v) is 1.93. The zero-order valence-electron chi connectivity index (χ0n) is 8.86. The zero-order valence-corrected chi connectivity index (χ0v) is 8.86. The summed E-state index contributed by atoms with van der Waals surface area (Å²) in [6, 6.07) is 1.24. The SMILES string of the molecule is CCc1nc(NCC(O)C(N)=O)cc(=O)[nH]1. The Bertz CT molecular complexity index is 429. The first-order chi connectivity index (χ1) is 7.52. The van der Waals surface area contributed by atoms with Crippen molar-refractivity contribution in [2.24, 2.45) is 5.73 Å². The van der Waals surface area contributed by atoms with Gasteiger partial charge >= 0.3 is 0 Å². The lowest BCUT2D eigenvalue weighted by Gasteiger charge is -2.09. The van der Waals surface area contributed by atoms with E-state index in [2.05, 4.69) is 15.3 Å². The summed E-state index contributed by atoms with van der Waals surface area (Å²) in [7, 11) is 0. The van der Waals surface area contributed by atoms with Crippen LogP contribution in [0.5, 0.6) is 0 Å². The topological polar surface area (TPSA) is 121 Å². The molecule has 88 valence electrons. The number of carbonyl (C=O) groups excluding carboxylic acids is 1. The first-order valence-corrected chi connectivity index (χ1v) is 4.84. The van der Waals surface area contributed by atoms with Crippen molar-refractivity contribution >= 4 is 11.7 Å². The molecule has 0 fully saturated rings. The highest BCUT2D eigenvalue weighted by molar-refractivity contribution is 5.79. The Morgan fingerprint density at radius 1 is 1.75 bits per heavy atom. The van der Waals surface area contributed by atoms with Crippen molar-refractivity contribution in [2.75, 3.05) is 11.9 Å². The fraction of sp³-hybridized carbons (Fsp3) is 0.444. The van der Waals surface area contributed by atoms with Gasteiger partial charge in [-0.15, -0.1) is 0 Å². The minimum absolute atomic E-state index is 0.0745. The third kappa shape index (κ3) is 3.35. The summed E-state index contributed by atoms with van der Waals surface area (Å²) in [5.74, 6) is 0.0116. The van der Waals surface area contributed by atoms with Gasteiger partial charge in [0, 0.05) is 12.5 Å². The van der Waals surface area contributed by atoms with Crippen LogP contribution in [0.25, 0.3) is 0 Å².